The van der Waals surface area contributed by atoms with Gasteiger partial charge in [0.1, 0.15) is 34.1 Å². The number of hydrogen-bond donors (Lipinski definition) is 3. The molecule has 0 spiro atoms. The fraction of sp³-hybridized carbons (Fsp3) is 0.257. The van der Waals surface area contributed by atoms with E-state index in [4.69, 9.17) is 23.7 Å². The number of carbonyl (C=O) groups excluding carboxylic acids is 3. The molecule has 0 saturated heterocycles. The third kappa shape index (κ3) is 16.5. The van der Waals surface area contributed by atoms with Crippen LogP contribution in [-0.2, 0) is 38.0 Å². The number of nitrogens with one attached hydrogen (secondary N) is 2. The fourth-order valence-electron chi connectivity index (χ4n) is 8.97. The molecule has 0 aliphatic heterocycles. The minimum Gasteiger partial charge on any atom is -0.496 e. The first-order valence-electron chi connectivity index (χ1n) is 27.0. The van der Waals surface area contributed by atoms with Crippen LogP contribution in [0.4, 0.5) is 11.4 Å². The van der Waals surface area contributed by atoms with Crippen molar-refractivity contribution in [1.82, 2.24) is 0 Å². The molecule has 8 aromatic rings. The maximum absolute atomic E-state index is 13.2. The van der Waals surface area contributed by atoms with E-state index in [-0.39, 0.29) is 60.8 Å². The number of aryl methyl sites for hydroxylation is 2. The van der Waals surface area contributed by atoms with Crippen LogP contribution >= 0.6 is 0 Å². The molecule has 0 fully saturated rings. The summed E-state index contributed by atoms with van der Waals surface area (Å²) in [5.74, 6) is 1.27. The van der Waals surface area contributed by atoms with E-state index in [1.807, 2.05) is 142 Å². The second-order valence-corrected chi connectivity index (χ2v) is 21.6. The van der Waals surface area contributed by atoms with E-state index in [9.17, 15) is 24.3 Å². The van der Waals surface area contributed by atoms with Crippen LogP contribution in [-0.4, -0.2) is 49.2 Å². The van der Waals surface area contributed by atoms with Gasteiger partial charge in [-0.05, 0) is 133 Å². The standard InChI is InChI=1S/C36H39NO5.C33H33NO5.CH4/c1-7-40-31-19-17-26(22-28(31)35(39)41-8-2)27-18-20-33(42-32-12-10-9-11-29(32)36(4,5)6)30(23-27)37-34(38)21-25-15-13-24(3)14-16-25;1-21-10-12-22(13-11-21)18-31(35)34-27-20-24(23-14-16-28(38-5)25(19-23)32(36)37)15-17-30(27)39-29-9-7-6-8-26(29)33(2,3)4;/h9-20,22-23H,7-8,21H2,1-6H3,(H,37,38);6-17,19-20H,18H2,1-5H3,(H,34,35)(H,36,37);1H4. The summed E-state index contributed by atoms with van der Waals surface area (Å²) in [4.78, 5) is 50.9. The molecule has 0 radical (unpaired) electrons. The van der Waals surface area contributed by atoms with Crippen LogP contribution in [0.25, 0.3) is 22.3 Å². The van der Waals surface area contributed by atoms with Crippen molar-refractivity contribution >= 4 is 35.1 Å². The Balaban J connectivity index is 0.000000261. The molecule has 8 rings (SSSR count). The summed E-state index contributed by atoms with van der Waals surface area (Å²) in [6.07, 6.45) is 0.423. The first-order valence-corrected chi connectivity index (χ1v) is 27.0. The van der Waals surface area contributed by atoms with Crippen molar-refractivity contribution in [3.8, 4) is 56.8 Å². The summed E-state index contributed by atoms with van der Waals surface area (Å²) >= 11 is 0. The smallest absolute Gasteiger partial charge is 0.341 e. The lowest BCUT2D eigenvalue weighted by Crippen LogP contribution is -2.16. The lowest BCUT2D eigenvalue weighted by atomic mass is 9.86. The van der Waals surface area contributed by atoms with Crippen LogP contribution in [0.3, 0.4) is 0 Å². The average Bonchev–Trinajstić information content (AvgIpc) is 3.47. The molecule has 2 amide bonds. The highest BCUT2D eigenvalue weighted by Crippen LogP contribution is 2.41. The Morgan fingerprint density at radius 3 is 1.24 bits per heavy atom. The van der Waals surface area contributed by atoms with Crippen molar-refractivity contribution in [3.05, 3.63) is 214 Å². The van der Waals surface area contributed by atoms with Crippen LogP contribution in [0.5, 0.6) is 34.5 Å². The van der Waals surface area contributed by atoms with Gasteiger partial charge in [0.15, 0.2) is 11.5 Å². The van der Waals surface area contributed by atoms with E-state index in [0.29, 0.717) is 52.1 Å². The van der Waals surface area contributed by atoms with E-state index >= 15 is 0 Å². The Kier molecular flexibility index (Phi) is 21.0. The number of anilines is 2. The molecule has 0 unspecified atom stereocenters. The monoisotopic (exact) mass is 1100 g/mol. The number of ether oxygens (including phenoxy) is 5. The molecule has 0 aliphatic rings. The molecule has 8 aromatic carbocycles. The molecule has 12 nitrogen and oxygen atoms in total. The number of carboxylic acid groups (broad SMARTS) is 1. The number of hydrogen-bond acceptors (Lipinski definition) is 9. The zero-order valence-corrected chi connectivity index (χ0v) is 48.1. The van der Waals surface area contributed by atoms with Crippen LogP contribution < -0.4 is 29.6 Å². The number of methoxy groups -OCH3 is 1. The van der Waals surface area contributed by atoms with Gasteiger partial charge < -0.3 is 39.4 Å². The largest absolute Gasteiger partial charge is 0.496 e. The molecular weight excluding hydrogens is 1030 g/mol. The number of carbonyl (C=O) groups is 4. The number of rotatable bonds is 18. The maximum atomic E-state index is 13.2. The van der Waals surface area contributed by atoms with Crippen molar-refractivity contribution < 1.29 is 48.0 Å². The molecule has 426 valence electrons. The number of para-hydroxylation sites is 2. The zero-order valence-electron chi connectivity index (χ0n) is 48.1. The highest BCUT2D eigenvalue weighted by atomic mass is 16.5. The highest BCUT2D eigenvalue weighted by Gasteiger charge is 2.24. The third-order valence-corrected chi connectivity index (χ3v) is 13.2. The van der Waals surface area contributed by atoms with Gasteiger partial charge in [-0.15, -0.1) is 0 Å². The number of carboxylic acids is 1. The second kappa shape index (κ2) is 27.8. The van der Waals surface area contributed by atoms with E-state index in [1.54, 1.807) is 49.4 Å². The lowest BCUT2D eigenvalue weighted by molar-refractivity contribution is -0.116. The maximum Gasteiger partial charge on any atom is 0.341 e. The first kappa shape index (κ1) is 62.0. The zero-order chi connectivity index (χ0) is 58.4. The fourth-order valence-corrected chi connectivity index (χ4v) is 8.97. The minimum absolute atomic E-state index is 0. The van der Waals surface area contributed by atoms with Crippen LogP contribution in [0.2, 0.25) is 0 Å². The minimum atomic E-state index is -1.08. The predicted octanol–water partition coefficient (Wildman–Crippen LogP) is 16.8. The van der Waals surface area contributed by atoms with E-state index < -0.39 is 11.9 Å². The molecule has 3 N–H and O–H groups in total. The van der Waals surface area contributed by atoms with Gasteiger partial charge in [-0.3, -0.25) is 9.59 Å². The predicted molar refractivity (Wildman–Crippen MR) is 329 cm³/mol. The van der Waals surface area contributed by atoms with Gasteiger partial charge in [0, 0.05) is 11.1 Å². The summed E-state index contributed by atoms with van der Waals surface area (Å²) in [7, 11) is 1.44. The highest BCUT2D eigenvalue weighted by molar-refractivity contribution is 5.97. The molecule has 0 bridgehead atoms. The van der Waals surface area contributed by atoms with Crippen molar-refractivity contribution in [3.63, 3.8) is 0 Å². The van der Waals surface area contributed by atoms with Gasteiger partial charge in [0.25, 0.3) is 0 Å². The molecule has 0 atom stereocenters. The lowest BCUT2D eigenvalue weighted by Gasteiger charge is -2.23. The summed E-state index contributed by atoms with van der Waals surface area (Å²) in [6.45, 7) is 21.1. The Morgan fingerprint density at radius 2 is 0.854 bits per heavy atom. The summed E-state index contributed by atoms with van der Waals surface area (Å²) in [5.41, 5.74) is 10.3. The molecule has 12 heteroatoms. The van der Waals surface area contributed by atoms with Gasteiger partial charge in [-0.2, -0.15) is 0 Å². The summed E-state index contributed by atoms with van der Waals surface area (Å²) in [5, 5.41) is 15.7. The van der Waals surface area contributed by atoms with E-state index in [1.165, 1.54) is 7.11 Å². The molecule has 0 aromatic heterocycles. The number of esters is 1. The summed E-state index contributed by atoms with van der Waals surface area (Å²) in [6, 6.07) is 52.9. The molecule has 0 heterocycles. The van der Waals surface area contributed by atoms with Gasteiger partial charge in [-0.25, -0.2) is 9.59 Å². The topological polar surface area (TPSA) is 159 Å². The third-order valence-electron chi connectivity index (χ3n) is 13.2. The van der Waals surface area contributed by atoms with Crippen molar-refractivity contribution in [1.29, 1.82) is 0 Å². The number of amides is 2. The number of aromatic carboxylic acids is 1. The van der Waals surface area contributed by atoms with Crippen LogP contribution in [0, 0.1) is 13.8 Å². The Morgan fingerprint density at radius 1 is 0.463 bits per heavy atom. The molecular formula is C70H76N2O10. The van der Waals surface area contributed by atoms with E-state index in [0.717, 1.165) is 55.8 Å². The Hall–Kier alpha value is -9.16. The van der Waals surface area contributed by atoms with Gasteiger partial charge in [0.05, 0.1) is 44.5 Å². The second-order valence-electron chi connectivity index (χ2n) is 21.6. The normalized spacial score (nSPS) is 11.0. The molecule has 0 saturated carbocycles. The van der Waals surface area contributed by atoms with Gasteiger partial charge >= 0.3 is 11.9 Å². The Labute approximate surface area is 483 Å². The van der Waals surface area contributed by atoms with Crippen molar-refractivity contribution in [2.45, 2.75) is 100 Å². The van der Waals surface area contributed by atoms with E-state index in [2.05, 4.69) is 58.2 Å². The van der Waals surface area contributed by atoms with Gasteiger partial charge in [-0.1, -0.05) is 169 Å². The SMILES string of the molecule is C.CCOC(=O)c1cc(-c2ccc(Oc3ccccc3C(C)(C)C)c(NC(=O)Cc3ccc(C)cc3)c2)ccc1OCC.COc1ccc(-c2ccc(Oc3ccccc3C(C)(C)C)c(NC(=O)Cc3ccc(C)cc3)c2)cc1C(=O)O. The summed E-state index contributed by atoms with van der Waals surface area (Å²) < 4.78 is 29.0. The quantitative estimate of drug-likeness (QED) is 0.0706. The molecule has 82 heavy (non-hydrogen) atoms. The first-order chi connectivity index (χ1) is 38.6. The van der Waals surface area contributed by atoms with Crippen molar-refractivity contribution in [2.24, 2.45) is 0 Å². The van der Waals surface area contributed by atoms with Gasteiger partial charge in [0.2, 0.25) is 11.8 Å². The Bertz CT molecular complexity index is 3520. The van der Waals surface area contributed by atoms with Crippen molar-refractivity contribution in [2.75, 3.05) is 31.0 Å². The van der Waals surface area contributed by atoms with Crippen LogP contribution in [0.1, 0.15) is 117 Å². The average molecular weight is 1110 g/mol. The van der Waals surface area contributed by atoms with Crippen LogP contribution in [0.15, 0.2) is 170 Å². The molecule has 0 aliphatic carbocycles. The number of benzene rings is 8.